The number of rotatable bonds is 8. The third-order valence-electron chi connectivity index (χ3n) is 4.54. The first-order chi connectivity index (χ1) is 13.6. The Bertz CT molecular complexity index is 948. The van der Waals surface area contributed by atoms with E-state index in [1.807, 2.05) is 36.4 Å². The van der Waals surface area contributed by atoms with Crippen LogP contribution in [0.4, 0.5) is 5.69 Å². The highest BCUT2D eigenvalue weighted by atomic mass is 32.2. The van der Waals surface area contributed by atoms with Crippen LogP contribution < -0.4 is 9.73 Å². The van der Waals surface area contributed by atoms with Gasteiger partial charge in [-0.15, -0.1) is 0 Å². The van der Waals surface area contributed by atoms with E-state index in [0.717, 1.165) is 21.7 Å². The summed E-state index contributed by atoms with van der Waals surface area (Å²) in [5, 5.41) is 3.94. The highest BCUT2D eigenvalue weighted by Crippen LogP contribution is 2.21. The van der Waals surface area contributed by atoms with E-state index in [2.05, 4.69) is 38.2 Å². The monoisotopic (exact) mass is 415 g/mol. The Morgan fingerprint density at radius 1 is 0.966 bits per heavy atom. The first-order valence-electron chi connectivity index (χ1n) is 9.57. The summed E-state index contributed by atoms with van der Waals surface area (Å²) in [6.45, 7) is 8.01. The Morgan fingerprint density at radius 3 is 1.90 bits per heavy atom. The van der Waals surface area contributed by atoms with Crippen molar-refractivity contribution < 1.29 is 13.2 Å². The van der Waals surface area contributed by atoms with Crippen molar-refractivity contribution >= 4 is 27.8 Å². The molecule has 0 aliphatic rings. The summed E-state index contributed by atoms with van der Waals surface area (Å²) in [5.41, 5.74) is 6.00. The normalized spacial score (nSPS) is 12.0. The van der Waals surface area contributed by atoms with Crippen LogP contribution in [0.25, 0.3) is 0 Å². The lowest BCUT2D eigenvalue weighted by molar-refractivity contribution is -0.119. The van der Waals surface area contributed by atoms with E-state index in [0.29, 0.717) is 17.5 Å². The van der Waals surface area contributed by atoms with Crippen LogP contribution in [-0.4, -0.2) is 33.3 Å². The van der Waals surface area contributed by atoms with Crippen LogP contribution in [0, 0.1) is 0 Å². The zero-order valence-corrected chi connectivity index (χ0v) is 18.4. The number of nitrogens with one attached hydrogen (secondary N) is 1. The molecule has 0 saturated carbocycles. The summed E-state index contributed by atoms with van der Waals surface area (Å²) in [4.78, 5) is 12.3. The van der Waals surface area contributed by atoms with Gasteiger partial charge in [0.05, 0.1) is 18.2 Å². The first-order valence-corrected chi connectivity index (χ1v) is 11.4. The molecule has 0 atom stereocenters. The van der Waals surface area contributed by atoms with E-state index in [-0.39, 0.29) is 6.54 Å². The van der Waals surface area contributed by atoms with Crippen molar-refractivity contribution in [2.24, 2.45) is 5.10 Å². The molecule has 0 bridgehead atoms. The Balaban J connectivity index is 2.04. The lowest BCUT2D eigenvalue weighted by Crippen LogP contribution is -2.39. The van der Waals surface area contributed by atoms with Crippen LogP contribution in [0.5, 0.6) is 0 Å². The van der Waals surface area contributed by atoms with Gasteiger partial charge < -0.3 is 0 Å². The fraction of sp³-hybridized carbons (Fsp3) is 0.364. The number of carbonyl (C=O) groups excluding carboxylic acids is 1. The Labute approximate surface area is 173 Å². The molecular weight excluding hydrogens is 386 g/mol. The van der Waals surface area contributed by atoms with E-state index in [1.54, 1.807) is 12.1 Å². The summed E-state index contributed by atoms with van der Waals surface area (Å²) in [6, 6.07) is 15.0. The quantitative estimate of drug-likeness (QED) is 0.525. The number of nitrogens with zero attached hydrogens (tertiary/aromatic N) is 2. The first kappa shape index (κ1) is 22.6. The van der Waals surface area contributed by atoms with Gasteiger partial charge in [-0.25, -0.2) is 13.8 Å². The molecule has 0 aliphatic heterocycles. The second-order valence-corrected chi connectivity index (χ2v) is 9.54. The predicted molar refractivity (Wildman–Crippen MR) is 119 cm³/mol. The van der Waals surface area contributed by atoms with E-state index in [1.165, 1.54) is 11.8 Å². The summed E-state index contributed by atoms with van der Waals surface area (Å²) in [5.74, 6) is 0.263. The van der Waals surface area contributed by atoms with E-state index >= 15 is 0 Å². The van der Waals surface area contributed by atoms with Crippen molar-refractivity contribution in [3.63, 3.8) is 0 Å². The molecule has 1 amide bonds. The molecule has 6 nitrogen and oxygen atoms in total. The van der Waals surface area contributed by atoms with Gasteiger partial charge in [0.2, 0.25) is 10.0 Å². The van der Waals surface area contributed by atoms with Gasteiger partial charge in [0.25, 0.3) is 5.91 Å². The number of sulfonamides is 1. The topological polar surface area (TPSA) is 78.8 Å². The summed E-state index contributed by atoms with van der Waals surface area (Å²) in [6.07, 6.45) is 2.61. The number of hydrazone groups is 1. The molecule has 2 aromatic carbocycles. The van der Waals surface area contributed by atoms with Crippen LogP contribution in [0.3, 0.4) is 0 Å². The van der Waals surface area contributed by atoms with Gasteiger partial charge in [0.15, 0.2) is 0 Å². The van der Waals surface area contributed by atoms with Crippen molar-refractivity contribution in [1.29, 1.82) is 0 Å². The predicted octanol–water partition coefficient (Wildman–Crippen LogP) is 3.85. The fourth-order valence-electron chi connectivity index (χ4n) is 2.74. The van der Waals surface area contributed by atoms with Crippen LogP contribution in [0.15, 0.2) is 53.6 Å². The zero-order chi connectivity index (χ0) is 21.6. The lowest BCUT2D eigenvalue weighted by Gasteiger charge is -2.21. The number of hydrogen-bond donors (Lipinski definition) is 1. The molecule has 0 aromatic heterocycles. The van der Waals surface area contributed by atoms with Gasteiger partial charge in [0.1, 0.15) is 6.54 Å². The second-order valence-electron chi connectivity index (χ2n) is 7.63. The minimum Gasteiger partial charge on any atom is -0.271 e. The maximum atomic E-state index is 12.3. The SMILES string of the molecule is CC(C)c1ccc(/C=N\NC(=O)CN(c2ccc(C(C)C)cc2)S(C)(=O)=O)cc1. The molecule has 29 heavy (non-hydrogen) atoms. The van der Waals surface area contributed by atoms with Gasteiger partial charge in [-0.3, -0.25) is 9.10 Å². The van der Waals surface area contributed by atoms with Crippen molar-refractivity contribution in [3.8, 4) is 0 Å². The standard InChI is InChI=1S/C22H29N3O3S/c1-16(2)19-8-6-18(7-9-19)14-23-24-22(26)15-25(29(5,27)28)21-12-10-20(11-13-21)17(3)4/h6-14,16-17H,15H2,1-5H3,(H,24,26)/b23-14-. The maximum Gasteiger partial charge on any atom is 0.260 e. The Kier molecular flexibility index (Phi) is 7.56. The summed E-state index contributed by atoms with van der Waals surface area (Å²) < 4.78 is 25.4. The molecule has 2 aromatic rings. The highest BCUT2D eigenvalue weighted by molar-refractivity contribution is 7.92. The molecule has 2 rings (SSSR count). The van der Waals surface area contributed by atoms with Crippen molar-refractivity contribution in [2.45, 2.75) is 39.5 Å². The van der Waals surface area contributed by atoms with Gasteiger partial charge in [0, 0.05) is 0 Å². The largest absolute Gasteiger partial charge is 0.271 e. The molecule has 0 radical (unpaired) electrons. The Morgan fingerprint density at radius 2 is 1.45 bits per heavy atom. The third kappa shape index (κ3) is 6.71. The molecule has 0 heterocycles. The smallest absolute Gasteiger partial charge is 0.260 e. The maximum absolute atomic E-state index is 12.3. The Hall–Kier alpha value is -2.67. The number of carbonyl (C=O) groups is 1. The summed E-state index contributed by atoms with van der Waals surface area (Å²) in [7, 11) is -3.62. The molecule has 0 aliphatic carbocycles. The fourth-order valence-corrected chi connectivity index (χ4v) is 3.59. The van der Waals surface area contributed by atoms with E-state index in [9.17, 15) is 13.2 Å². The van der Waals surface area contributed by atoms with Crippen LogP contribution >= 0.6 is 0 Å². The lowest BCUT2D eigenvalue weighted by atomic mass is 10.0. The number of amides is 1. The second kappa shape index (κ2) is 9.69. The van der Waals surface area contributed by atoms with Crippen LogP contribution in [0.2, 0.25) is 0 Å². The third-order valence-corrected chi connectivity index (χ3v) is 5.68. The highest BCUT2D eigenvalue weighted by Gasteiger charge is 2.20. The zero-order valence-electron chi connectivity index (χ0n) is 17.6. The van der Waals surface area contributed by atoms with Crippen molar-refractivity contribution in [2.75, 3.05) is 17.1 Å². The molecule has 156 valence electrons. The minimum absolute atomic E-state index is 0.336. The van der Waals surface area contributed by atoms with Gasteiger partial charge in [-0.2, -0.15) is 5.10 Å². The number of hydrogen-bond acceptors (Lipinski definition) is 4. The van der Waals surface area contributed by atoms with Crippen molar-refractivity contribution in [3.05, 3.63) is 65.2 Å². The van der Waals surface area contributed by atoms with Gasteiger partial charge >= 0.3 is 0 Å². The molecular formula is C22H29N3O3S. The van der Waals surface area contributed by atoms with E-state index < -0.39 is 15.9 Å². The average molecular weight is 416 g/mol. The number of anilines is 1. The van der Waals surface area contributed by atoms with Crippen LogP contribution in [-0.2, 0) is 14.8 Å². The van der Waals surface area contributed by atoms with E-state index in [4.69, 9.17) is 0 Å². The molecule has 0 fully saturated rings. The minimum atomic E-state index is -3.62. The summed E-state index contributed by atoms with van der Waals surface area (Å²) >= 11 is 0. The molecule has 7 heteroatoms. The average Bonchev–Trinajstić information content (AvgIpc) is 2.65. The molecule has 0 unspecified atom stereocenters. The molecule has 1 N–H and O–H groups in total. The molecule has 0 spiro atoms. The van der Waals surface area contributed by atoms with Gasteiger partial charge in [-0.1, -0.05) is 64.1 Å². The molecule has 0 saturated heterocycles. The van der Waals surface area contributed by atoms with Crippen molar-refractivity contribution in [1.82, 2.24) is 5.43 Å². The number of benzene rings is 2. The van der Waals surface area contributed by atoms with Crippen LogP contribution in [0.1, 0.15) is 56.2 Å². The van der Waals surface area contributed by atoms with Gasteiger partial charge in [-0.05, 0) is 40.7 Å².